The Morgan fingerprint density at radius 3 is 2.74 bits per heavy atom. The average Bonchev–Trinajstić information content (AvgIpc) is 2.75. The molecule has 0 aliphatic carbocycles. The van der Waals surface area contributed by atoms with Crippen LogP contribution in [0.4, 0.5) is 8.78 Å². The number of esters is 1. The van der Waals surface area contributed by atoms with E-state index in [4.69, 9.17) is 11.6 Å². The van der Waals surface area contributed by atoms with Crippen LogP contribution in [0.25, 0.3) is 10.6 Å². The van der Waals surface area contributed by atoms with E-state index in [-0.39, 0.29) is 26.2 Å². The van der Waals surface area contributed by atoms with Crippen molar-refractivity contribution in [1.29, 1.82) is 0 Å². The van der Waals surface area contributed by atoms with Crippen LogP contribution in [0.5, 0.6) is 0 Å². The molecule has 100 valence electrons. The number of benzene rings is 1. The largest absolute Gasteiger partial charge is 0.465 e. The molecule has 0 aliphatic rings. The second-order valence-corrected chi connectivity index (χ2v) is 5.04. The van der Waals surface area contributed by atoms with E-state index in [1.165, 1.54) is 20.1 Å². The van der Waals surface area contributed by atoms with Crippen LogP contribution in [0.15, 0.2) is 12.1 Å². The Bertz CT molecular complexity index is 657. The molecule has 0 atom stereocenters. The predicted octanol–water partition coefficient (Wildman–Crippen LogP) is 3.84. The van der Waals surface area contributed by atoms with Gasteiger partial charge in [-0.1, -0.05) is 17.7 Å². The fraction of sp³-hybridized carbons (Fsp3) is 0.167. The van der Waals surface area contributed by atoms with Crippen LogP contribution in [0.3, 0.4) is 0 Å². The number of thiazole rings is 1. The van der Waals surface area contributed by atoms with Gasteiger partial charge < -0.3 is 4.74 Å². The molecule has 1 aromatic carbocycles. The van der Waals surface area contributed by atoms with Crippen molar-refractivity contribution < 1.29 is 18.3 Å². The minimum atomic E-state index is -0.759. The zero-order valence-electron chi connectivity index (χ0n) is 9.96. The molecule has 0 radical (unpaired) electrons. The number of hydrogen-bond acceptors (Lipinski definition) is 4. The molecule has 7 heteroatoms. The molecule has 1 aromatic heterocycles. The summed E-state index contributed by atoms with van der Waals surface area (Å²) in [5, 5.41) is -0.128. The molecule has 0 spiro atoms. The third kappa shape index (κ3) is 2.46. The summed E-state index contributed by atoms with van der Waals surface area (Å²) in [5.41, 5.74) is -0.00982. The zero-order valence-corrected chi connectivity index (χ0v) is 11.5. The molecule has 3 nitrogen and oxygen atoms in total. The number of methoxy groups -OCH3 is 1. The number of nitrogens with zero attached hydrogens (tertiary/aromatic N) is 1. The predicted molar refractivity (Wildman–Crippen MR) is 68.6 cm³/mol. The number of aryl methyl sites for hydroxylation is 1. The number of ether oxygens (including phenoxy) is 1. The lowest BCUT2D eigenvalue weighted by Gasteiger charge is -2.03. The van der Waals surface area contributed by atoms with Gasteiger partial charge in [-0.3, -0.25) is 0 Å². The molecule has 1 heterocycles. The second kappa shape index (κ2) is 5.22. The summed E-state index contributed by atoms with van der Waals surface area (Å²) in [7, 11) is 1.19. The second-order valence-electron chi connectivity index (χ2n) is 3.68. The first-order valence-corrected chi connectivity index (χ1v) is 6.34. The quantitative estimate of drug-likeness (QED) is 0.791. The summed E-state index contributed by atoms with van der Waals surface area (Å²) in [4.78, 5) is 15.2. The van der Waals surface area contributed by atoms with Crippen molar-refractivity contribution in [2.45, 2.75) is 6.92 Å². The molecule has 0 bridgehead atoms. The molecule has 2 rings (SSSR count). The van der Waals surface area contributed by atoms with Gasteiger partial charge in [-0.2, -0.15) is 0 Å². The molecule has 19 heavy (non-hydrogen) atoms. The molecule has 0 saturated carbocycles. The Hall–Kier alpha value is -1.53. The topological polar surface area (TPSA) is 39.2 Å². The third-order valence-corrected chi connectivity index (χ3v) is 3.89. The Balaban J connectivity index is 2.61. The van der Waals surface area contributed by atoms with Gasteiger partial charge in [0.05, 0.1) is 12.7 Å². The van der Waals surface area contributed by atoms with E-state index < -0.39 is 17.6 Å². The highest BCUT2D eigenvalue weighted by atomic mass is 35.5. The number of halogens is 3. The van der Waals surface area contributed by atoms with Crippen molar-refractivity contribution >= 4 is 28.9 Å². The van der Waals surface area contributed by atoms with Gasteiger partial charge in [0, 0.05) is 0 Å². The molecule has 0 amide bonds. The van der Waals surface area contributed by atoms with E-state index >= 15 is 0 Å². The first-order chi connectivity index (χ1) is 8.95. The van der Waals surface area contributed by atoms with E-state index in [1.807, 2.05) is 0 Å². The highest BCUT2D eigenvalue weighted by Gasteiger charge is 2.22. The van der Waals surface area contributed by atoms with Crippen molar-refractivity contribution in [2.24, 2.45) is 0 Å². The highest BCUT2D eigenvalue weighted by Crippen LogP contribution is 2.35. The van der Waals surface area contributed by atoms with Crippen LogP contribution in [0.1, 0.15) is 15.2 Å². The summed E-state index contributed by atoms with van der Waals surface area (Å²) >= 11 is 6.55. The Morgan fingerprint density at radius 1 is 1.42 bits per heavy atom. The first-order valence-electron chi connectivity index (χ1n) is 5.15. The lowest BCUT2D eigenvalue weighted by atomic mass is 10.1. The molecular formula is C12H8ClF2NO2S. The standard InChI is InChI=1S/C12H8ClF2NO2S/c1-5-3-4-6(14)7(8(5)15)11-16-10(13)9(19-11)12(17)18-2/h3-4H,1-2H3. The lowest BCUT2D eigenvalue weighted by Crippen LogP contribution is -1.98. The Labute approximate surface area is 116 Å². The Kier molecular flexibility index (Phi) is 3.82. The minimum absolute atomic E-state index is 0.00380. The Morgan fingerprint density at radius 2 is 2.11 bits per heavy atom. The van der Waals surface area contributed by atoms with Gasteiger partial charge in [0.1, 0.15) is 16.6 Å². The smallest absolute Gasteiger partial charge is 0.351 e. The summed E-state index contributed by atoms with van der Waals surface area (Å²) < 4.78 is 32.2. The summed E-state index contributed by atoms with van der Waals surface area (Å²) in [6.07, 6.45) is 0. The van der Waals surface area contributed by atoms with E-state index in [1.54, 1.807) is 0 Å². The van der Waals surface area contributed by atoms with Gasteiger partial charge in [-0.15, -0.1) is 11.3 Å². The van der Waals surface area contributed by atoms with Crippen molar-refractivity contribution in [3.8, 4) is 10.6 Å². The maximum Gasteiger partial charge on any atom is 0.351 e. The van der Waals surface area contributed by atoms with E-state index in [0.717, 1.165) is 17.4 Å². The molecule has 0 unspecified atom stereocenters. The molecule has 0 aliphatic heterocycles. The summed E-state index contributed by atoms with van der Waals surface area (Å²) in [6, 6.07) is 2.46. The van der Waals surface area contributed by atoms with Crippen LogP contribution < -0.4 is 0 Å². The van der Waals surface area contributed by atoms with Crippen molar-refractivity contribution in [2.75, 3.05) is 7.11 Å². The summed E-state index contributed by atoms with van der Waals surface area (Å²) in [5.74, 6) is -2.17. The van der Waals surface area contributed by atoms with E-state index in [9.17, 15) is 13.6 Å². The van der Waals surface area contributed by atoms with Gasteiger partial charge >= 0.3 is 5.97 Å². The van der Waals surface area contributed by atoms with Gasteiger partial charge in [-0.25, -0.2) is 18.6 Å². The van der Waals surface area contributed by atoms with Gasteiger partial charge in [0.15, 0.2) is 10.0 Å². The molecule has 0 N–H and O–H groups in total. The van der Waals surface area contributed by atoms with Crippen molar-refractivity contribution in [3.05, 3.63) is 39.4 Å². The number of aromatic nitrogens is 1. The number of hydrogen-bond donors (Lipinski definition) is 0. The number of carbonyl (C=O) groups excluding carboxylic acids is 1. The lowest BCUT2D eigenvalue weighted by molar-refractivity contribution is 0.0606. The fourth-order valence-electron chi connectivity index (χ4n) is 1.48. The minimum Gasteiger partial charge on any atom is -0.465 e. The molecule has 0 fully saturated rings. The SMILES string of the molecule is COC(=O)c1sc(-c2c(F)ccc(C)c2F)nc1Cl. The first kappa shape index (κ1) is 13.9. The fourth-order valence-corrected chi connectivity index (χ4v) is 2.72. The van der Waals surface area contributed by atoms with Crippen molar-refractivity contribution in [1.82, 2.24) is 4.98 Å². The monoisotopic (exact) mass is 303 g/mol. The average molecular weight is 304 g/mol. The maximum atomic E-state index is 13.9. The number of carbonyl (C=O) groups is 1. The number of rotatable bonds is 2. The molecule has 2 aromatic rings. The molecular weight excluding hydrogens is 296 g/mol. The molecule has 0 saturated heterocycles. The highest BCUT2D eigenvalue weighted by molar-refractivity contribution is 7.17. The van der Waals surface area contributed by atoms with Crippen LogP contribution >= 0.6 is 22.9 Å². The van der Waals surface area contributed by atoms with Crippen LogP contribution in [0.2, 0.25) is 5.15 Å². The zero-order chi connectivity index (χ0) is 14.2. The van der Waals surface area contributed by atoms with Crippen LogP contribution in [-0.2, 0) is 4.74 Å². The van der Waals surface area contributed by atoms with E-state index in [0.29, 0.717) is 0 Å². The third-order valence-electron chi connectivity index (χ3n) is 2.45. The van der Waals surface area contributed by atoms with Gasteiger partial charge in [0.25, 0.3) is 0 Å². The maximum absolute atomic E-state index is 13.9. The normalized spacial score (nSPS) is 10.6. The van der Waals surface area contributed by atoms with Crippen molar-refractivity contribution in [3.63, 3.8) is 0 Å². The van der Waals surface area contributed by atoms with Gasteiger partial charge in [-0.05, 0) is 18.6 Å². The summed E-state index contributed by atoms with van der Waals surface area (Å²) in [6.45, 7) is 1.51. The van der Waals surface area contributed by atoms with Crippen LogP contribution in [0, 0.1) is 18.6 Å². The van der Waals surface area contributed by atoms with Crippen LogP contribution in [-0.4, -0.2) is 18.1 Å². The van der Waals surface area contributed by atoms with E-state index in [2.05, 4.69) is 9.72 Å². The van der Waals surface area contributed by atoms with Gasteiger partial charge in [0.2, 0.25) is 0 Å².